The Kier molecular flexibility index (Phi) is 3.78. The number of thiazole rings is 1. The summed E-state index contributed by atoms with van der Waals surface area (Å²) >= 11 is 1.58. The van der Waals surface area contributed by atoms with Gasteiger partial charge < -0.3 is 10.6 Å². The molecule has 1 atom stereocenters. The molecule has 0 saturated carbocycles. The van der Waals surface area contributed by atoms with Crippen molar-refractivity contribution in [2.75, 3.05) is 13.1 Å². The topological polar surface area (TPSA) is 59.2 Å². The van der Waals surface area contributed by atoms with Gasteiger partial charge in [-0.3, -0.25) is 4.79 Å². The van der Waals surface area contributed by atoms with E-state index in [1.54, 1.807) is 11.3 Å². The lowest BCUT2D eigenvalue weighted by molar-refractivity contribution is 0.0477. The molecular formula is C16H19N3OS. The summed E-state index contributed by atoms with van der Waals surface area (Å²) in [6, 6.07) is 8.37. The number of carbonyl (C=O) groups is 1. The Morgan fingerprint density at radius 1 is 1.48 bits per heavy atom. The third-order valence-electron chi connectivity index (χ3n) is 3.89. The van der Waals surface area contributed by atoms with Crippen LogP contribution in [0.4, 0.5) is 0 Å². The molecule has 1 aliphatic rings. The van der Waals surface area contributed by atoms with Crippen LogP contribution >= 0.6 is 11.3 Å². The first-order chi connectivity index (χ1) is 10.1. The number of aromatic nitrogens is 1. The molecule has 0 radical (unpaired) electrons. The lowest BCUT2D eigenvalue weighted by Gasteiger charge is -2.40. The second-order valence-electron chi connectivity index (χ2n) is 5.46. The minimum absolute atomic E-state index is 0.0116. The van der Waals surface area contributed by atoms with Crippen molar-refractivity contribution in [2.45, 2.75) is 26.3 Å². The van der Waals surface area contributed by atoms with E-state index < -0.39 is 0 Å². The van der Waals surface area contributed by atoms with Crippen molar-refractivity contribution in [3.63, 3.8) is 0 Å². The summed E-state index contributed by atoms with van der Waals surface area (Å²) in [7, 11) is 0. The van der Waals surface area contributed by atoms with Crippen LogP contribution < -0.4 is 5.73 Å². The first kappa shape index (κ1) is 14.2. The molecule has 1 saturated heterocycles. The Bertz CT molecular complexity index is 678. The summed E-state index contributed by atoms with van der Waals surface area (Å²) in [5, 5.41) is 0.916. The van der Waals surface area contributed by atoms with Crippen molar-refractivity contribution in [1.82, 2.24) is 9.88 Å². The van der Waals surface area contributed by atoms with Gasteiger partial charge in [-0.25, -0.2) is 4.98 Å². The molecule has 110 valence electrons. The molecule has 1 aromatic heterocycles. The largest absolute Gasteiger partial charge is 0.333 e. The molecule has 0 unspecified atom stereocenters. The van der Waals surface area contributed by atoms with Crippen molar-refractivity contribution in [3.8, 4) is 10.4 Å². The van der Waals surface area contributed by atoms with Gasteiger partial charge in [-0.1, -0.05) is 29.8 Å². The number of amides is 1. The van der Waals surface area contributed by atoms with Crippen LogP contribution in [-0.2, 0) is 0 Å². The van der Waals surface area contributed by atoms with Crippen molar-refractivity contribution in [2.24, 2.45) is 5.73 Å². The second-order valence-corrected chi connectivity index (χ2v) is 6.66. The molecule has 4 nitrogen and oxygen atoms in total. The number of benzene rings is 1. The SMILES string of the molecule is Cc1cccc(-c2sc(C)nc2C(=O)N2CC[C@H]2CN)c1. The highest BCUT2D eigenvalue weighted by Gasteiger charge is 2.34. The quantitative estimate of drug-likeness (QED) is 0.948. The van der Waals surface area contributed by atoms with Gasteiger partial charge in [0.15, 0.2) is 0 Å². The van der Waals surface area contributed by atoms with Gasteiger partial charge in [0.1, 0.15) is 5.69 Å². The average Bonchev–Trinajstić information content (AvgIpc) is 2.80. The van der Waals surface area contributed by atoms with Gasteiger partial charge in [-0.2, -0.15) is 0 Å². The summed E-state index contributed by atoms with van der Waals surface area (Å²) in [5.41, 5.74) is 8.52. The van der Waals surface area contributed by atoms with E-state index in [4.69, 9.17) is 5.73 Å². The molecule has 1 aliphatic heterocycles. The Hall–Kier alpha value is -1.72. The molecule has 5 heteroatoms. The average molecular weight is 301 g/mol. The van der Waals surface area contributed by atoms with E-state index >= 15 is 0 Å². The molecule has 2 heterocycles. The first-order valence-corrected chi connectivity index (χ1v) is 7.97. The Balaban J connectivity index is 1.98. The lowest BCUT2D eigenvalue weighted by Crippen LogP contribution is -2.54. The molecule has 1 aromatic carbocycles. The Morgan fingerprint density at radius 3 is 2.90 bits per heavy atom. The maximum absolute atomic E-state index is 12.7. The number of nitrogens with two attached hydrogens (primary N) is 1. The van der Waals surface area contributed by atoms with Gasteiger partial charge in [-0.05, 0) is 25.8 Å². The summed E-state index contributed by atoms with van der Waals surface area (Å²) in [6.45, 7) is 5.30. The molecule has 0 bridgehead atoms. The molecule has 1 fully saturated rings. The fourth-order valence-electron chi connectivity index (χ4n) is 2.64. The highest BCUT2D eigenvalue weighted by Crippen LogP contribution is 2.33. The molecule has 2 N–H and O–H groups in total. The van der Waals surface area contributed by atoms with Gasteiger partial charge in [0, 0.05) is 19.1 Å². The smallest absolute Gasteiger partial charge is 0.274 e. The minimum Gasteiger partial charge on any atom is -0.333 e. The molecule has 21 heavy (non-hydrogen) atoms. The zero-order valence-electron chi connectivity index (χ0n) is 12.3. The lowest BCUT2D eigenvalue weighted by atomic mass is 10.0. The van der Waals surface area contributed by atoms with Gasteiger partial charge in [0.05, 0.1) is 9.88 Å². The number of carbonyl (C=O) groups excluding carboxylic acids is 1. The third kappa shape index (κ3) is 2.59. The van der Waals surface area contributed by atoms with Crippen LogP contribution in [-0.4, -0.2) is 34.9 Å². The van der Waals surface area contributed by atoms with Crippen LogP contribution in [0.25, 0.3) is 10.4 Å². The van der Waals surface area contributed by atoms with E-state index in [-0.39, 0.29) is 11.9 Å². The predicted octanol–water partition coefficient (Wildman–Crippen LogP) is 2.60. The summed E-state index contributed by atoms with van der Waals surface area (Å²) < 4.78 is 0. The van der Waals surface area contributed by atoms with Crippen molar-refractivity contribution >= 4 is 17.2 Å². The van der Waals surface area contributed by atoms with E-state index in [0.717, 1.165) is 28.4 Å². The van der Waals surface area contributed by atoms with E-state index in [1.165, 1.54) is 5.56 Å². The van der Waals surface area contributed by atoms with Gasteiger partial charge in [0.2, 0.25) is 0 Å². The first-order valence-electron chi connectivity index (χ1n) is 7.15. The van der Waals surface area contributed by atoms with Crippen LogP contribution in [0.1, 0.15) is 27.5 Å². The zero-order valence-corrected chi connectivity index (χ0v) is 13.1. The van der Waals surface area contributed by atoms with E-state index in [0.29, 0.717) is 12.2 Å². The number of aryl methyl sites for hydroxylation is 2. The predicted molar refractivity (Wildman–Crippen MR) is 85.5 cm³/mol. The number of hydrogen-bond donors (Lipinski definition) is 1. The zero-order chi connectivity index (χ0) is 15.0. The van der Waals surface area contributed by atoms with E-state index in [2.05, 4.69) is 24.0 Å². The fraction of sp³-hybridized carbons (Fsp3) is 0.375. The van der Waals surface area contributed by atoms with E-state index in [9.17, 15) is 4.79 Å². The number of nitrogens with zero attached hydrogens (tertiary/aromatic N) is 2. The highest BCUT2D eigenvalue weighted by atomic mass is 32.1. The fourth-order valence-corrected chi connectivity index (χ4v) is 3.55. The molecule has 2 aromatic rings. The minimum atomic E-state index is 0.0116. The Labute approximate surface area is 128 Å². The molecule has 3 rings (SSSR count). The second kappa shape index (κ2) is 5.58. The van der Waals surface area contributed by atoms with Gasteiger partial charge in [-0.15, -0.1) is 11.3 Å². The Morgan fingerprint density at radius 2 is 2.29 bits per heavy atom. The van der Waals surface area contributed by atoms with Crippen LogP contribution in [0.2, 0.25) is 0 Å². The van der Waals surface area contributed by atoms with Crippen molar-refractivity contribution in [3.05, 3.63) is 40.5 Å². The summed E-state index contributed by atoms with van der Waals surface area (Å²) in [5.74, 6) is 0.0116. The number of hydrogen-bond acceptors (Lipinski definition) is 4. The normalized spacial score (nSPS) is 17.7. The number of likely N-dealkylation sites (tertiary alicyclic amines) is 1. The van der Waals surface area contributed by atoms with Crippen LogP contribution in [0.5, 0.6) is 0 Å². The maximum atomic E-state index is 12.7. The number of rotatable bonds is 3. The van der Waals surface area contributed by atoms with Crippen LogP contribution in [0.3, 0.4) is 0 Å². The van der Waals surface area contributed by atoms with Crippen LogP contribution in [0.15, 0.2) is 24.3 Å². The van der Waals surface area contributed by atoms with E-state index in [1.807, 2.05) is 24.0 Å². The molecular weight excluding hydrogens is 282 g/mol. The van der Waals surface area contributed by atoms with Gasteiger partial charge >= 0.3 is 0 Å². The highest BCUT2D eigenvalue weighted by molar-refractivity contribution is 7.15. The third-order valence-corrected chi connectivity index (χ3v) is 4.91. The van der Waals surface area contributed by atoms with Crippen molar-refractivity contribution in [1.29, 1.82) is 0 Å². The summed E-state index contributed by atoms with van der Waals surface area (Å²) in [4.78, 5) is 20.0. The molecule has 0 aliphatic carbocycles. The van der Waals surface area contributed by atoms with Crippen molar-refractivity contribution < 1.29 is 4.79 Å². The maximum Gasteiger partial charge on any atom is 0.274 e. The summed E-state index contributed by atoms with van der Waals surface area (Å²) in [6.07, 6.45) is 0.991. The monoisotopic (exact) mass is 301 g/mol. The standard InChI is InChI=1S/C16H19N3OS/c1-10-4-3-5-12(8-10)15-14(18-11(2)21-15)16(20)19-7-6-13(19)9-17/h3-5,8,13H,6-7,9,17H2,1-2H3/t13-/m0/s1. The van der Waals surface area contributed by atoms with Gasteiger partial charge in [0.25, 0.3) is 5.91 Å². The van der Waals surface area contributed by atoms with Crippen LogP contribution in [0, 0.1) is 13.8 Å². The molecule has 0 spiro atoms. The molecule has 1 amide bonds.